The molecule has 0 bridgehead atoms. The van der Waals surface area contributed by atoms with E-state index in [1.807, 2.05) is 48.2 Å². The smallest absolute Gasteiger partial charge is 0.308 e. The number of thiazole rings is 1. The standard InChI is InChI=1S/C28H26BrN3O4S2/c1-16-5-11-19(12-6-16)32-25(34)22-21(17-7-9-18(29)10-8-17)24-27(37-23(22)26(32)35)31(28(36)38-24)15-20(33)30-13-3-2-4-14-30/h5-12,21-23H,2-4,13-15H2,1H3. The quantitative estimate of drug-likeness (QED) is 0.396. The molecule has 0 saturated carbocycles. The molecule has 0 N–H and O–H groups in total. The maximum atomic E-state index is 13.9. The van der Waals surface area contributed by atoms with Crippen LogP contribution >= 0.6 is 39.0 Å². The number of aryl methyl sites for hydroxylation is 1. The summed E-state index contributed by atoms with van der Waals surface area (Å²) in [6.07, 6.45) is 3.05. The van der Waals surface area contributed by atoms with Crippen LogP contribution in [0.5, 0.6) is 0 Å². The van der Waals surface area contributed by atoms with Gasteiger partial charge in [0, 0.05) is 28.4 Å². The van der Waals surface area contributed by atoms with Gasteiger partial charge in [-0.05, 0) is 56.0 Å². The monoisotopic (exact) mass is 611 g/mol. The van der Waals surface area contributed by atoms with E-state index in [0.717, 1.165) is 51.1 Å². The Kier molecular flexibility index (Phi) is 6.82. The molecule has 38 heavy (non-hydrogen) atoms. The molecule has 2 aromatic carbocycles. The predicted octanol–water partition coefficient (Wildman–Crippen LogP) is 4.79. The van der Waals surface area contributed by atoms with Crippen molar-refractivity contribution < 1.29 is 14.4 Å². The summed E-state index contributed by atoms with van der Waals surface area (Å²) in [7, 11) is 0. The van der Waals surface area contributed by atoms with E-state index in [-0.39, 0.29) is 29.1 Å². The molecule has 2 saturated heterocycles. The number of rotatable bonds is 4. The summed E-state index contributed by atoms with van der Waals surface area (Å²) in [5.74, 6) is -1.72. The lowest BCUT2D eigenvalue weighted by molar-refractivity contribution is -0.133. The van der Waals surface area contributed by atoms with E-state index >= 15 is 0 Å². The highest BCUT2D eigenvalue weighted by molar-refractivity contribution is 9.10. The van der Waals surface area contributed by atoms with Gasteiger partial charge in [0.1, 0.15) is 11.8 Å². The average Bonchev–Trinajstić information content (AvgIpc) is 3.36. The van der Waals surface area contributed by atoms with E-state index < -0.39 is 17.1 Å². The largest absolute Gasteiger partial charge is 0.341 e. The lowest BCUT2D eigenvalue weighted by Gasteiger charge is -2.31. The fourth-order valence-corrected chi connectivity index (χ4v) is 8.65. The normalized spacial score (nSPS) is 22.9. The van der Waals surface area contributed by atoms with Crippen LogP contribution in [0.2, 0.25) is 0 Å². The Labute approximate surface area is 236 Å². The van der Waals surface area contributed by atoms with Crippen molar-refractivity contribution >= 4 is 62.4 Å². The average molecular weight is 613 g/mol. The van der Waals surface area contributed by atoms with Crippen LogP contribution in [0.25, 0.3) is 0 Å². The highest BCUT2D eigenvalue weighted by Crippen LogP contribution is 2.54. The minimum Gasteiger partial charge on any atom is -0.341 e. The maximum absolute atomic E-state index is 13.9. The first-order valence-electron chi connectivity index (χ1n) is 12.7. The molecule has 7 nitrogen and oxygen atoms in total. The van der Waals surface area contributed by atoms with Gasteiger partial charge < -0.3 is 4.90 Å². The Morgan fingerprint density at radius 2 is 1.63 bits per heavy atom. The van der Waals surface area contributed by atoms with E-state index in [4.69, 9.17) is 0 Å². The summed E-state index contributed by atoms with van der Waals surface area (Å²) >= 11 is 5.82. The van der Waals surface area contributed by atoms with Gasteiger partial charge in [-0.25, -0.2) is 4.90 Å². The first-order valence-corrected chi connectivity index (χ1v) is 15.2. The Balaban J connectivity index is 1.43. The number of hydrogen-bond acceptors (Lipinski definition) is 6. The van der Waals surface area contributed by atoms with Crippen LogP contribution in [0.15, 0.2) is 62.8 Å². The van der Waals surface area contributed by atoms with Crippen molar-refractivity contribution in [3.8, 4) is 0 Å². The summed E-state index contributed by atoms with van der Waals surface area (Å²) in [5, 5.41) is -0.0540. The van der Waals surface area contributed by atoms with E-state index in [1.54, 1.807) is 12.1 Å². The number of thioether (sulfide) groups is 1. The Morgan fingerprint density at radius 1 is 0.947 bits per heavy atom. The molecule has 3 atom stereocenters. The molecule has 1 aromatic heterocycles. The predicted molar refractivity (Wildman–Crippen MR) is 152 cm³/mol. The van der Waals surface area contributed by atoms with Gasteiger partial charge in [-0.2, -0.15) is 0 Å². The minimum absolute atomic E-state index is 0.0497. The molecule has 3 aliphatic rings. The van der Waals surface area contributed by atoms with Gasteiger partial charge in [-0.1, -0.05) is 68.9 Å². The Hall–Kier alpha value is -2.69. The van der Waals surface area contributed by atoms with E-state index in [0.29, 0.717) is 23.8 Å². The summed E-state index contributed by atoms with van der Waals surface area (Å²) < 4.78 is 2.42. The zero-order valence-corrected chi connectivity index (χ0v) is 24.0. The molecule has 3 amide bonds. The molecule has 0 radical (unpaired) electrons. The number of carbonyl (C=O) groups excluding carboxylic acids is 3. The van der Waals surface area contributed by atoms with E-state index in [2.05, 4.69) is 15.9 Å². The Morgan fingerprint density at radius 3 is 2.32 bits per heavy atom. The van der Waals surface area contributed by atoms with E-state index in [1.165, 1.54) is 21.2 Å². The molecule has 3 unspecified atom stereocenters. The second-order valence-corrected chi connectivity index (χ2v) is 13.0. The lowest BCUT2D eigenvalue weighted by atomic mass is 9.83. The minimum atomic E-state index is -0.685. The SMILES string of the molecule is Cc1ccc(N2C(=O)C3Sc4c(sc(=O)n4CC(=O)N4CCCCC4)C(c4ccc(Br)cc4)C3C2=O)cc1. The van der Waals surface area contributed by atoms with Crippen molar-refractivity contribution in [2.45, 2.75) is 48.9 Å². The van der Waals surface area contributed by atoms with Crippen molar-refractivity contribution in [3.05, 3.63) is 78.7 Å². The second kappa shape index (κ2) is 10.1. The van der Waals surface area contributed by atoms with Gasteiger partial charge in [0.25, 0.3) is 0 Å². The van der Waals surface area contributed by atoms with Crippen molar-refractivity contribution in [3.63, 3.8) is 0 Å². The molecular weight excluding hydrogens is 586 g/mol. The van der Waals surface area contributed by atoms with Gasteiger partial charge in [0.2, 0.25) is 17.7 Å². The number of fused-ring (bicyclic) bond motifs is 2. The number of aromatic nitrogens is 1. The number of halogens is 1. The van der Waals surface area contributed by atoms with Crippen molar-refractivity contribution in [2.75, 3.05) is 18.0 Å². The topological polar surface area (TPSA) is 79.7 Å². The summed E-state index contributed by atoms with van der Waals surface area (Å²) in [6.45, 7) is 3.32. The molecule has 0 spiro atoms. The third-order valence-electron chi connectivity index (χ3n) is 7.57. The number of imide groups is 1. The first kappa shape index (κ1) is 25.6. The van der Waals surface area contributed by atoms with E-state index in [9.17, 15) is 19.2 Å². The fourth-order valence-electron chi connectivity index (χ4n) is 5.61. The molecule has 4 heterocycles. The van der Waals surface area contributed by atoms with Gasteiger partial charge >= 0.3 is 4.87 Å². The number of amides is 3. The van der Waals surface area contributed by atoms with Crippen LogP contribution in [-0.2, 0) is 20.9 Å². The lowest BCUT2D eigenvalue weighted by Crippen LogP contribution is -2.39. The zero-order chi connectivity index (χ0) is 26.6. The molecule has 196 valence electrons. The van der Waals surface area contributed by atoms with Crippen LogP contribution in [0.4, 0.5) is 5.69 Å². The summed E-state index contributed by atoms with van der Waals surface area (Å²) in [5.41, 5.74) is 2.46. The van der Waals surface area contributed by atoms with Crippen molar-refractivity contribution in [2.24, 2.45) is 5.92 Å². The zero-order valence-electron chi connectivity index (χ0n) is 20.8. The van der Waals surface area contributed by atoms with Crippen molar-refractivity contribution in [1.82, 2.24) is 9.47 Å². The van der Waals surface area contributed by atoms with Crippen LogP contribution in [-0.4, -0.2) is 45.5 Å². The van der Waals surface area contributed by atoms with Gasteiger partial charge in [0.05, 0.1) is 16.6 Å². The summed E-state index contributed by atoms with van der Waals surface area (Å²) in [6, 6.07) is 15.1. The molecule has 10 heteroatoms. The van der Waals surface area contributed by atoms with Crippen molar-refractivity contribution in [1.29, 1.82) is 0 Å². The van der Waals surface area contributed by atoms with Gasteiger partial charge in [0.15, 0.2) is 0 Å². The molecule has 3 aromatic rings. The highest BCUT2D eigenvalue weighted by atomic mass is 79.9. The summed E-state index contributed by atoms with van der Waals surface area (Å²) in [4.78, 5) is 57.7. The first-order chi connectivity index (χ1) is 18.3. The third-order valence-corrected chi connectivity index (χ3v) is 10.7. The molecule has 6 rings (SSSR count). The maximum Gasteiger partial charge on any atom is 0.308 e. The number of nitrogens with zero attached hydrogens (tertiary/aromatic N) is 3. The molecular formula is C28H26BrN3O4S2. The number of likely N-dealkylation sites (tertiary alicyclic amines) is 1. The molecule has 0 aliphatic carbocycles. The highest BCUT2D eigenvalue weighted by Gasteiger charge is 2.56. The number of hydrogen-bond donors (Lipinski definition) is 0. The number of anilines is 1. The number of benzene rings is 2. The molecule has 3 aliphatic heterocycles. The third kappa shape index (κ3) is 4.36. The number of piperidine rings is 1. The van der Waals surface area contributed by atoms with Crippen LogP contribution in [0, 0.1) is 12.8 Å². The van der Waals surface area contributed by atoms with Gasteiger partial charge in [-0.15, -0.1) is 0 Å². The number of carbonyl (C=O) groups is 3. The molecule has 2 fully saturated rings. The van der Waals surface area contributed by atoms with Gasteiger partial charge in [-0.3, -0.25) is 23.7 Å². The van der Waals surface area contributed by atoms with Crippen LogP contribution in [0.3, 0.4) is 0 Å². The van der Waals surface area contributed by atoms with Crippen LogP contribution in [0.1, 0.15) is 41.2 Å². The Bertz CT molecular complexity index is 1480. The van der Waals surface area contributed by atoms with Crippen LogP contribution < -0.4 is 9.77 Å². The second-order valence-electron chi connectivity index (χ2n) is 10.0. The fraction of sp³-hybridized carbons (Fsp3) is 0.357.